The first kappa shape index (κ1) is 12.3. The van der Waals surface area contributed by atoms with Crippen molar-refractivity contribution < 1.29 is 9.53 Å². The average molecular weight is 214 g/mol. The van der Waals surface area contributed by atoms with Crippen molar-refractivity contribution in [3.63, 3.8) is 0 Å². The molecule has 1 N–H and O–H groups in total. The topological polar surface area (TPSA) is 41.6 Å². The fraction of sp³-hybridized carbons (Fsp3) is 0.909. The van der Waals surface area contributed by atoms with Gasteiger partial charge < -0.3 is 15.0 Å². The van der Waals surface area contributed by atoms with Crippen LogP contribution in [-0.4, -0.2) is 43.3 Å². The highest BCUT2D eigenvalue weighted by Crippen LogP contribution is 2.08. The molecular formula is C11H22N2O2. The molecule has 0 aliphatic carbocycles. The zero-order chi connectivity index (χ0) is 11.3. The summed E-state index contributed by atoms with van der Waals surface area (Å²) in [5.74, 6) is 0. The number of nitrogens with one attached hydrogen (secondary N) is 1. The maximum absolute atomic E-state index is 11.5. The van der Waals surface area contributed by atoms with E-state index in [9.17, 15) is 4.79 Å². The van der Waals surface area contributed by atoms with E-state index in [2.05, 4.69) is 5.32 Å². The summed E-state index contributed by atoms with van der Waals surface area (Å²) in [5, 5.41) is 3.41. The van der Waals surface area contributed by atoms with Gasteiger partial charge in [-0.2, -0.15) is 0 Å². The van der Waals surface area contributed by atoms with Crippen molar-refractivity contribution in [2.24, 2.45) is 0 Å². The zero-order valence-electron chi connectivity index (χ0n) is 9.95. The van der Waals surface area contributed by atoms with E-state index in [1.807, 2.05) is 13.8 Å². The van der Waals surface area contributed by atoms with Crippen molar-refractivity contribution in [1.82, 2.24) is 10.2 Å². The molecule has 4 heteroatoms. The highest BCUT2D eigenvalue weighted by atomic mass is 16.6. The maximum Gasteiger partial charge on any atom is 0.409 e. The van der Waals surface area contributed by atoms with Crippen LogP contribution in [-0.2, 0) is 4.74 Å². The number of likely N-dealkylation sites (N-methyl/N-ethyl adjacent to an activating group) is 1. The van der Waals surface area contributed by atoms with Crippen molar-refractivity contribution in [2.45, 2.75) is 45.3 Å². The number of hydrogen-bond acceptors (Lipinski definition) is 3. The molecule has 1 saturated heterocycles. The number of hydrogen-bond donors (Lipinski definition) is 1. The zero-order valence-corrected chi connectivity index (χ0v) is 9.95. The SMILES string of the molecule is CC(C)OC(=O)N(C)CC1CCCCN1. The Hall–Kier alpha value is -0.770. The van der Waals surface area contributed by atoms with E-state index < -0.39 is 0 Å². The molecule has 1 heterocycles. The standard InChI is InChI=1S/C11H22N2O2/c1-9(2)15-11(14)13(3)8-10-6-4-5-7-12-10/h9-10,12H,4-8H2,1-3H3. The fourth-order valence-electron chi connectivity index (χ4n) is 1.78. The summed E-state index contributed by atoms with van der Waals surface area (Å²) in [6, 6.07) is 0.434. The Bertz CT molecular complexity index is 201. The summed E-state index contributed by atoms with van der Waals surface area (Å²) >= 11 is 0. The Kier molecular flexibility index (Phi) is 4.88. The molecule has 15 heavy (non-hydrogen) atoms. The summed E-state index contributed by atoms with van der Waals surface area (Å²) in [6.07, 6.45) is 3.39. The Labute approximate surface area is 92.0 Å². The highest BCUT2D eigenvalue weighted by Gasteiger charge is 2.18. The van der Waals surface area contributed by atoms with Gasteiger partial charge in [0.15, 0.2) is 0 Å². The Morgan fingerprint density at radius 1 is 1.53 bits per heavy atom. The first-order chi connectivity index (χ1) is 7.09. The summed E-state index contributed by atoms with van der Waals surface area (Å²) in [4.78, 5) is 13.2. The first-order valence-electron chi connectivity index (χ1n) is 5.74. The van der Waals surface area contributed by atoms with Crippen LogP contribution in [0.4, 0.5) is 4.79 Å². The molecule has 88 valence electrons. The van der Waals surface area contributed by atoms with E-state index in [0.717, 1.165) is 19.5 Å². The first-order valence-corrected chi connectivity index (χ1v) is 5.74. The van der Waals surface area contributed by atoms with Gasteiger partial charge in [-0.25, -0.2) is 4.79 Å². The second kappa shape index (κ2) is 5.95. The summed E-state index contributed by atoms with van der Waals surface area (Å²) < 4.78 is 5.11. The monoisotopic (exact) mass is 214 g/mol. The molecule has 0 aromatic heterocycles. The second-order valence-electron chi connectivity index (χ2n) is 4.46. The van der Waals surface area contributed by atoms with Crippen molar-refractivity contribution in [2.75, 3.05) is 20.1 Å². The van der Waals surface area contributed by atoms with Gasteiger partial charge in [0.2, 0.25) is 0 Å². The lowest BCUT2D eigenvalue weighted by molar-refractivity contribution is 0.0804. The molecule has 1 unspecified atom stereocenters. The van der Waals surface area contributed by atoms with Gasteiger partial charge in [-0.3, -0.25) is 0 Å². The van der Waals surface area contributed by atoms with Gasteiger partial charge in [0.05, 0.1) is 6.10 Å². The van der Waals surface area contributed by atoms with Gasteiger partial charge in [0.25, 0.3) is 0 Å². The smallest absolute Gasteiger partial charge is 0.409 e. The van der Waals surface area contributed by atoms with Crippen LogP contribution in [0, 0.1) is 0 Å². The van der Waals surface area contributed by atoms with Crippen molar-refractivity contribution in [3.05, 3.63) is 0 Å². The van der Waals surface area contributed by atoms with Crippen LogP contribution >= 0.6 is 0 Å². The maximum atomic E-state index is 11.5. The molecule has 1 rings (SSSR count). The van der Waals surface area contributed by atoms with Crippen LogP contribution in [0.3, 0.4) is 0 Å². The number of nitrogens with zero attached hydrogens (tertiary/aromatic N) is 1. The predicted octanol–water partition coefficient (Wildman–Crippen LogP) is 1.61. The number of rotatable bonds is 3. The molecule has 1 amide bonds. The van der Waals surface area contributed by atoms with Crippen molar-refractivity contribution >= 4 is 6.09 Å². The van der Waals surface area contributed by atoms with Gasteiger partial charge in [0.1, 0.15) is 0 Å². The molecule has 0 saturated carbocycles. The molecule has 4 nitrogen and oxygen atoms in total. The van der Waals surface area contributed by atoms with E-state index >= 15 is 0 Å². The third-order valence-corrected chi connectivity index (χ3v) is 2.55. The molecule has 0 aromatic rings. The van der Waals surface area contributed by atoms with Crippen LogP contribution in [0.15, 0.2) is 0 Å². The lowest BCUT2D eigenvalue weighted by Crippen LogP contribution is -2.44. The number of amides is 1. The van der Waals surface area contributed by atoms with Crippen molar-refractivity contribution in [1.29, 1.82) is 0 Å². The van der Waals surface area contributed by atoms with Gasteiger partial charge in [-0.15, -0.1) is 0 Å². The predicted molar refractivity (Wildman–Crippen MR) is 59.9 cm³/mol. The summed E-state index contributed by atoms with van der Waals surface area (Å²) in [5.41, 5.74) is 0. The second-order valence-corrected chi connectivity index (χ2v) is 4.46. The van der Waals surface area contributed by atoms with E-state index in [-0.39, 0.29) is 12.2 Å². The minimum absolute atomic E-state index is 0.0423. The molecule has 1 aliphatic rings. The number of piperidine rings is 1. The highest BCUT2D eigenvalue weighted by molar-refractivity contribution is 5.67. The Balaban J connectivity index is 2.26. The number of carbonyl (C=O) groups excluding carboxylic acids is 1. The normalized spacial score (nSPS) is 21.5. The lowest BCUT2D eigenvalue weighted by atomic mass is 10.1. The Morgan fingerprint density at radius 2 is 2.27 bits per heavy atom. The third-order valence-electron chi connectivity index (χ3n) is 2.55. The van der Waals surface area contributed by atoms with Gasteiger partial charge in [-0.05, 0) is 33.2 Å². The molecule has 0 radical (unpaired) electrons. The van der Waals surface area contributed by atoms with E-state index in [1.165, 1.54) is 12.8 Å². The van der Waals surface area contributed by atoms with E-state index in [1.54, 1.807) is 11.9 Å². The molecular weight excluding hydrogens is 192 g/mol. The van der Waals surface area contributed by atoms with Gasteiger partial charge in [-0.1, -0.05) is 6.42 Å². The molecule has 1 atom stereocenters. The fourth-order valence-corrected chi connectivity index (χ4v) is 1.78. The van der Waals surface area contributed by atoms with Crippen LogP contribution in [0.5, 0.6) is 0 Å². The number of carbonyl (C=O) groups is 1. The quantitative estimate of drug-likeness (QED) is 0.776. The number of ether oxygens (including phenoxy) is 1. The lowest BCUT2D eigenvalue weighted by Gasteiger charge is -2.28. The summed E-state index contributed by atoms with van der Waals surface area (Å²) in [6.45, 7) is 5.54. The van der Waals surface area contributed by atoms with E-state index in [0.29, 0.717) is 6.04 Å². The Morgan fingerprint density at radius 3 is 2.80 bits per heavy atom. The van der Waals surface area contributed by atoms with Crippen molar-refractivity contribution in [3.8, 4) is 0 Å². The van der Waals surface area contributed by atoms with E-state index in [4.69, 9.17) is 4.74 Å². The van der Waals surface area contributed by atoms with Gasteiger partial charge in [0, 0.05) is 19.6 Å². The molecule has 1 aliphatic heterocycles. The van der Waals surface area contributed by atoms with Crippen LogP contribution in [0.25, 0.3) is 0 Å². The molecule has 1 fully saturated rings. The minimum Gasteiger partial charge on any atom is -0.447 e. The molecule has 0 spiro atoms. The molecule has 0 bridgehead atoms. The average Bonchev–Trinajstić information content (AvgIpc) is 2.18. The van der Waals surface area contributed by atoms with Crippen LogP contribution < -0.4 is 5.32 Å². The molecule has 0 aromatic carbocycles. The third kappa shape index (κ3) is 4.51. The summed E-state index contributed by atoms with van der Waals surface area (Å²) in [7, 11) is 1.79. The largest absolute Gasteiger partial charge is 0.447 e. The van der Waals surface area contributed by atoms with Crippen LogP contribution in [0.2, 0.25) is 0 Å². The van der Waals surface area contributed by atoms with Gasteiger partial charge >= 0.3 is 6.09 Å². The van der Waals surface area contributed by atoms with Crippen LogP contribution in [0.1, 0.15) is 33.1 Å². The minimum atomic E-state index is -0.225.